The number of aliphatic hydroxyl groups excluding tert-OH is 1. The molecule has 1 heterocycles. The number of anilines is 1. The van der Waals surface area contributed by atoms with Crippen LogP contribution in [0.4, 0.5) is 5.69 Å². The van der Waals surface area contributed by atoms with Crippen molar-refractivity contribution in [2.24, 2.45) is 11.8 Å². The summed E-state index contributed by atoms with van der Waals surface area (Å²) in [6.07, 6.45) is 6.33. The predicted octanol–water partition coefficient (Wildman–Crippen LogP) is 6.34. The highest BCUT2D eigenvalue weighted by atomic mass is 35.5. The zero-order valence-corrected chi connectivity index (χ0v) is 22.9. The molecule has 4 atom stereocenters. The highest BCUT2D eigenvalue weighted by Crippen LogP contribution is 2.46. The zero-order valence-electron chi connectivity index (χ0n) is 22.1. The number of aryl methyl sites for hydroxylation is 1. The summed E-state index contributed by atoms with van der Waals surface area (Å²) in [7, 11) is 0. The fourth-order valence-electron chi connectivity index (χ4n) is 6.31. The Morgan fingerprint density at radius 2 is 2.11 bits per heavy atom. The van der Waals surface area contributed by atoms with Crippen molar-refractivity contribution in [1.82, 2.24) is 0 Å². The van der Waals surface area contributed by atoms with Crippen LogP contribution in [0, 0.1) is 11.8 Å². The van der Waals surface area contributed by atoms with Crippen LogP contribution in [0.2, 0.25) is 5.02 Å². The first-order valence-electron chi connectivity index (χ1n) is 13.4. The third-order valence-electron chi connectivity index (χ3n) is 8.28. The number of hydrogen-bond acceptors (Lipinski definition) is 5. The van der Waals surface area contributed by atoms with Gasteiger partial charge in [-0.05, 0) is 106 Å². The van der Waals surface area contributed by atoms with Crippen molar-refractivity contribution in [1.29, 1.82) is 0 Å². The maximum absolute atomic E-state index is 13.0. The number of nitrogens with zero attached hydrogens (tertiary/aromatic N) is 1. The summed E-state index contributed by atoms with van der Waals surface area (Å²) in [6.45, 7) is 11.6. The molecular weight excluding hydrogens is 486 g/mol. The highest BCUT2D eigenvalue weighted by Gasteiger charge is 2.44. The van der Waals surface area contributed by atoms with Gasteiger partial charge in [-0.3, -0.25) is 0 Å². The van der Waals surface area contributed by atoms with Crippen molar-refractivity contribution in [3.8, 4) is 5.75 Å². The quantitative estimate of drug-likeness (QED) is 0.366. The average molecular weight is 524 g/mol. The standard InChI is InChI=1S/C31H38ClNO4/c1-5-27(34)24-11-8-22(24)17-33-18-31(14-6-7-20-15-23(32)10-12-25(20)31)19-36-28-13-9-21(16-26(28)33)29(35)37-30(2,3)4/h5,9-10,12-13,15-16,22,24,27,34H,1,6-8,11,14,17-19H2,2-4H3/t22-,24+,27-,31?/m0/s1. The van der Waals surface area contributed by atoms with Gasteiger partial charge in [0.15, 0.2) is 0 Å². The van der Waals surface area contributed by atoms with Crippen LogP contribution < -0.4 is 9.64 Å². The van der Waals surface area contributed by atoms with Crippen LogP contribution in [0.1, 0.15) is 67.9 Å². The number of aliphatic hydroxyl groups is 1. The van der Waals surface area contributed by atoms with E-state index in [4.69, 9.17) is 21.1 Å². The lowest BCUT2D eigenvalue weighted by molar-refractivity contribution is 0.00695. The summed E-state index contributed by atoms with van der Waals surface area (Å²) in [5.41, 5.74) is 3.29. The summed E-state index contributed by atoms with van der Waals surface area (Å²) >= 11 is 6.37. The lowest BCUT2D eigenvalue weighted by Gasteiger charge is -2.45. The minimum Gasteiger partial charge on any atom is -0.490 e. The fourth-order valence-corrected chi connectivity index (χ4v) is 6.50. The van der Waals surface area contributed by atoms with Crippen LogP contribution in [0.25, 0.3) is 0 Å². The number of esters is 1. The van der Waals surface area contributed by atoms with Gasteiger partial charge in [0.05, 0.1) is 24.0 Å². The number of carbonyl (C=O) groups is 1. The van der Waals surface area contributed by atoms with E-state index in [1.165, 1.54) is 11.1 Å². The Kier molecular flexibility index (Phi) is 7.06. The van der Waals surface area contributed by atoms with Crippen LogP contribution in [0.15, 0.2) is 49.1 Å². The third-order valence-corrected chi connectivity index (χ3v) is 8.52. The first-order valence-corrected chi connectivity index (χ1v) is 13.8. The molecule has 5 nitrogen and oxygen atoms in total. The Balaban J connectivity index is 1.53. The Bertz CT molecular complexity index is 1190. The molecule has 0 radical (unpaired) electrons. The van der Waals surface area contributed by atoms with Crippen molar-refractivity contribution in [2.45, 2.75) is 70.0 Å². The van der Waals surface area contributed by atoms with Crippen LogP contribution >= 0.6 is 11.6 Å². The second-order valence-corrected chi connectivity index (χ2v) is 12.5. The topological polar surface area (TPSA) is 59.0 Å². The number of fused-ring (bicyclic) bond motifs is 3. The Morgan fingerprint density at radius 1 is 1.30 bits per heavy atom. The first kappa shape index (κ1) is 26.1. The molecular formula is C31H38ClNO4. The molecule has 0 bridgehead atoms. The van der Waals surface area contributed by atoms with Gasteiger partial charge in [0.25, 0.3) is 0 Å². The number of halogens is 1. The number of carbonyl (C=O) groups excluding carboxylic acids is 1. The maximum atomic E-state index is 13.0. The van der Waals surface area contributed by atoms with Crippen LogP contribution in [0.5, 0.6) is 5.75 Å². The molecule has 2 aromatic carbocycles. The second-order valence-electron chi connectivity index (χ2n) is 12.0. The highest BCUT2D eigenvalue weighted by molar-refractivity contribution is 6.30. The van der Waals surface area contributed by atoms with E-state index in [0.29, 0.717) is 18.1 Å². The number of benzene rings is 2. The summed E-state index contributed by atoms with van der Waals surface area (Å²) in [5, 5.41) is 11.3. The average Bonchev–Trinajstić information content (AvgIpc) is 2.97. The monoisotopic (exact) mass is 523 g/mol. The largest absolute Gasteiger partial charge is 0.490 e. The van der Waals surface area contributed by atoms with E-state index < -0.39 is 11.7 Å². The van der Waals surface area contributed by atoms with E-state index in [0.717, 1.165) is 61.7 Å². The lowest BCUT2D eigenvalue weighted by Crippen LogP contribution is -2.49. The van der Waals surface area contributed by atoms with Gasteiger partial charge in [-0.2, -0.15) is 0 Å². The molecule has 3 aliphatic rings. The normalized spacial score (nSPS) is 25.7. The molecule has 1 N–H and O–H groups in total. The first-order chi connectivity index (χ1) is 17.6. The molecule has 2 aromatic rings. The molecule has 1 fully saturated rings. The van der Waals surface area contributed by atoms with Gasteiger partial charge in [-0.1, -0.05) is 23.7 Å². The van der Waals surface area contributed by atoms with Gasteiger partial charge < -0.3 is 19.5 Å². The second kappa shape index (κ2) is 9.99. The van der Waals surface area contributed by atoms with Crippen molar-refractivity contribution in [3.05, 3.63) is 70.8 Å². The van der Waals surface area contributed by atoms with Gasteiger partial charge in [-0.15, -0.1) is 6.58 Å². The minimum absolute atomic E-state index is 0.181. The third kappa shape index (κ3) is 5.26. The van der Waals surface area contributed by atoms with Crippen molar-refractivity contribution >= 4 is 23.3 Å². The zero-order chi connectivity index (χ0) is 26.4. The molecule has 37 heavy (non-hydrogen) atoms. The summed E-state index contributed by atoms with van der Waals surface area (Å²) in [5.74, 6) is 0.989. The Morgan fingerprint density at radius 3 is 2.81 bits per heavy atom. The van der Waals surface area contributed by atoms with Crippen LogP contribution in [0.3, 0.4) is 0 Å². The van der Waals surface area contributed by atoms with Gasteiger partial charge in [0.2, 0.25) is 0 Å². The smallest absolute Gasteiger partial charge is 0.338 e. The van der Waals surface area contributed by atoms with Crippen LogP contribution in [-0.2, 0) is 16.6 Å². The minimum atomic E-state index is -0.572. The summed E-state index contributed by atoms with van der Waals surface area (Å²) in [4.78, 5) is 15.4. The van der Waals surface area contributed by atoms with E-state index in [1.807, 2.05) is 39.0 Å². The predicted molar refractivity (Wildman–Crippen MR) is 148 cm³/mol. The van der Waals surface area contributed by atoms with Crippen molar-refractivity contribution in [2.75, 3.05) is 24.6 Å². The molecule has 1 aliphatic heterocycles. The summed E-state index contributed by atoms with van der Waals surface area (Å²) < 4.78 is 12.2. The molecule has 1 unspecified atom stereocenters. The van der Waals surface area contributed by atoms with Crippen LogP contribution in [-0.4, -0.2) is 42.5 Å². The number of rotatable bonds is 5. The van der Waals surface area contributed by atoms with E-state index in [2.05, 4.69) is 23.6 Å². The number of ether oxygens (including phenoxy) is 2. The fraction of sp³-hybridized carbons (Fsp3) is 0.516. The van der Waals surface area contributed by atoms with Gasteiger partial charge in [0.1, 0.15) is 11.4 Å². The van der Waals surface area contributed by atoms with E-state index in [-0.39, 0.29) is 17.3 Å². The SMILES string of the molecule is C=C[C@H](O)[C@@H]1CC[C@H]1CN1CC2(CCCc3cc(Cl)ccc32)COc2ccc(C(=O)OC(C)(C)C)cc21. The van der Waals surface area contributed by atoms with E-state index in [1.54, 1.807) is 12.1 Å². The molecule has 6 heteroatoms. The molecule has 5 rings (SSSR count). The van der Waals surface area contributed by atoms with Crippen molar-refractivity contribution in [3.63, 3.8) is 0 Å². The Hall–Kier alpha value is -2.50. The van der Waals surface area contributed by atoms with E-state index >= 15 is 0 Å². The van der Waals surface area contributed by atoms with E-state index in [9.17, 15) is 9.90 Å². The maximum Gasteiger partial charge on any atom is 0.338 e. The molecule has 0 aromatic heterocycles. The number of hydrogen-bond donors (Lipinski definition) is 1. The molecule has 2 aliphatic carbocycles. The molecule has 0 saturated heterocycles. The molecule has 198 valence electrons. The Labute approximate surface area is 225 Å². The molecule has 1 saturated carbocycles. The van der Waals surface area contributed by atoms with Gasteiger partial charge >= 0.3 is 5.97 Å². The van der Waals surface area contributed by atoms with Gasteiger partial charge in [-0.25, -0.2) is 4.79 Å². The molecule has 0 amide bonds. The molecule has 1 spiro atoms. The lowest BCUT2D eigenvalue weighted by atomic mass is 9.68. The summed E-state index contributed by atoms with van der Waals surface area (Å²) in [6, 6.07) is 11.9. The van der Waals surface area contributed by atoms with Gasteiger partial charge in [0, 0.05) is 23.5 Å². The van der Waals surface area contributed by atoms with Crippen molar-refractivity contribution < 1.29 is 19.4 Å².